The molecule has 1 saturated heterocycles. The summed E-state index contributed by atoms with van der Waals surface area (Å²) in [5, 5.41) is 1.12. The third kappa shape index (κ3) is 3.16. The van der Waals surface area contributed by atoms with Crippen molar-refractivity contribution in [1.29, 1.82) is 0 Å². The molecule has 4 heteroatoms. The van der Waals surface area contributed by atoms with Crippen LogP contribution < -0.4 is 0 Å². The highest BCUT2D eigenvalue weighted by molar-refractivity contribution is 5.86. The summed E-state index contributed by atoms with van der Waals surface area (Å²) in [5.74, 6) is -0.158. The topological polar surface area (TPSA) is 36.1 Å². The summed E-state index contributed by atoms with van der Waals surface area (Å²) in [6.45, 7) is 1.70. The number of carbonyl (C=O) groups is 1. The van der Waals surface area contributed by atoms with Crippen LogP contribution in [0.5, 0.6) is 0 Å². The van der Waals surface area contributed by atoms with Crippen LogP contribution in [0.25, 0.3) is 10.9 Å². The molecule has 2 aromatic carbocycles. The molecular weight excluding hydrogens is 315 g/mol. The van der Waals surface area contributed by atoms with E-state index in [9.17, 15) is 9.18 Å². The van der Waals surface area contributed by atoms with Gasteiger partial charge in [0.1, 0.15) is 5.82 Å². The van der Waals surface area contributed by atoms with Gasteiger partial charge in [0.15, 0.2) is 0 Å². The number of nitrogens with zero attached hydrogens (tertiary/aromatic N) is 1. The van der Waals surface area contributed by atoms with Gasteiger partial charge in [-0.25, -0.2) is 4.39 Å². The number of hydrogen-bond acceptors (Lipinski definition) is 1. The third-order valence-electron chi connectivity index (χ3n) is 5.11. The van der Waals surface area contributed by atoms with E-state index in [-0.39, 0.29) is 17.6 Å². The molecule has 3 aromatic rings. The maximum atomic E-state index is 13.4. The van der Waals surface area contributed by atoms with E-state index in [0.717, 1.165) is 48.0 Å². The van der Waals surface area contributed by atoms with Crippen LogP contribution in [0.15, 0.2) is 54.7 Å². The molecule has 1 aromatic heterocycles. The zero-order chi connectivity index (χ0) is 17.2. The SMILES string of the molecule is O=C(C[C@@H](c1ccc(F)cc1)c1c[nH]c2ccccc12)N1CCCC1. The number of nitrogens with one attached hydrogen (secondary N) is 1. The van der Waals surface area contributed by atoms with Crippen molar-refractivity contribution in [3.05, 3.63) is 71.7 Å². The highest BCUT2D eigenvalue weighted by Crippen LogP contribution is 2.34. The van der Waals surface area contributed by atoms with E-state index < -0.39 is 0 Å². The van der Waals surface area contributed by atoms with Crippen molar-refractivity contribution < 1.29 is 9.18 Å². The molecule has 0 unspecified atom stereocenters. The van der Waals surface area contributed by atoms with E-state index in [2.05, 4.69) is 11.1 Å². The van der Waals surface area contributed by atoms with Gasteiger partial charge < -0.3 is 9.88 Å². The van der Waals surface area contributed by atoms with Gasteiger partial charge in [-0.15, -0.1) is 0 Å². The van der Waals surface area contributed by atoms with Crippen LogP contribution >= 0.6 is 0 Å². The lowest BCUT2D eigenvalue weighted by Crippen LogP contribution is -2.29. The Bertz CT molecular complexity index is 878. The number of H-pyrrole nitrogens is 1. The number of benzene rings is 2. The van der Waals surface area contributed by atoms with Crippen molar-refractivity contribution in [3.63, 3.8) is 0 Å². The van der Waals surface area contributed by atoms with E-state index in [4.69, 9.17) is 0 Å². The Morgan fingerprint density at radius 2 is 1.80 bits per heavy atom. The van der Waals surface area contributed by atoms with Gasteiger partial charge >= 0.3 is 0 Å². The van der Waals surface area contributed by atoms with Crippen LogP contribution in [0.1, 0.15) is 36.3 Å². The monoisotopic (exact) mass is 336 g/mol. The van der Waals surface area contributed by atoms with Crippen molar-refractivity contribution in [2.75, 3.05) is 13.1 Å². The molecule has 3 nitrogen and oxygen atoms in total. The van der Waals surface area contributed by atoms with Crippen LogP contribution in [-0.2, 0) is 4.79 Å². The van der Waals surface area contributed by atoms with Gasteiger partial charge in [0.2, 0.25) is 5.91 Å². The van der Waals surface area contributed by atoms with E-state index in [1.54, 1.807) is 12.1 Å². The molecule has 2 heterocycles. The first-order valence-corrected chi connectivity index (χ1v) is 8.81. The minimum Gasteiger partial charge on any atom is -0.361 e. The first kappa shape index (κ1) is 15.9. The largest absolute Gasteiger partial charge is 0.361 e. The molecule has 0 saturated carbocycles. The van der Waals surface area contributed by atoms with E-state index >= 15 is 0 Å². The molecule has 0 radical (unpaired) electrons. The fourth-order valence-electron chi connectivity index (χ4n) is 3.75. The van der Waals surface area contributed by atoms with Crippen molar-refractivity contribution >= 4 is 16.8 Å². The summed E-state index contributed by atoms with van der Waals surface area (Å²) in [6, 6.07) is 14.6. The summed E-state index contributed by atoms with van der Waals surface area (Å²) in [7, 11) is 0. The zero-order valence-corrected chi connectivity index (χ0v) is 14.0. The van der Waals surface area contributed by atoms with Gasteiger partial charge in [-0.05, 0) is 42.2 Å². The Hall–Kier alpha value is -2.62. The average Bonchev–Trinajstić information content (AvgIpc) is 3.30. The first-order valence-electron chi connectivity index (χ1n) is 8.81. The van der Waals surface area contributed by atoms with Gasteiger partial charge in [-0.3, -0.25) is 4.79 Å². The quantitative estimate of drug-likeness (QED) is 0.751. The lowest BCUT2D eigenvalue weighted by Gasteiger charge is -2.21. The van der Waals surface area contributed by atoms with Gasteiger partial charge in [0.05, 0.1) is 0 Å². The van der Waals surface area contributed by atoms with Crippen molar-refractivity contribution in [2.45, 2.75) is 25.2 Å². The maximum absolute atomic E-state index is 13.4. The molecule has 25 heavy (non-hydrogen) atoms. The smallest absolute Gasteiger partial charge is 0.223 e. The number of aromatic amines is 1. The summed E-state index contributed by atoms with van der Waals surface area (Å²) in [4.78, 5) is 18.0. The van der Waals surface area contributed by atoms with Crippen LogP contribution in [0, 0.1) is 5.82 Å². The zero-order valence-electron chi connectivity index (χ0n) is 14.0. The van der Waals surface area contributed by atoms with E-state index in [1.807, 2.05) is 29.3 Å². The van der Waals surface area contributed by atoms with Crippen LogP contribution in [0.3, 0.4) is 0 Å². The summed E-state index contributed by atoms with van der Waals surface area (Å²) < 4.78 is 13.4. The molecule has 0 bridgehead atoms. The van der Waals surface area contributed by atoms with Crippen molar-refractivity contribution in [2.24, 2.45) is 0 Å². The minimum absolute atomic E-state index is 0.0788. The summed E-state index contributed by atoms with van der Waals surface area (Å²) in [6.07, 6.45) is 4.56. The number of amides is 1. The molecule has 1 amide bonds. The summed E-state index contributed by atoms with van der Waals surface area (Å²) >= 11 is 0. The fourth-order valence-corrected chi connectivity index (χ4v) is 3.75. The van der Waals surface area contributed by atoms with Crippen LogP contribution in [-0.4, -0.2) is 28.9 Å². The molecular formula is C21H21FN2O. The minimum atomic E-state index is -0.257. The van der Waals surface area contributed by atoms with E-state index in [0.29, 0.717) is 6.42 Å². The molecule has 1 atom stereocenters. The Morgan fingerprint density at radius 1 is 1.08 bits per heavy atom. The standard InChI is InChI=1S/C21H21FN2O/c22-16-9-7-15(8-10-16)18(13-21(25)24-11-3-4-12-24)19-14-23-20-6-2-1-5-17(19)20/h1-2,5-10,14,18,23H,3-4,11-13H2/t18-/m0/s1. The predicted molar refractivity (Wildman–Crippen MR) is 97.0 cm³/mol. The molecule has 1 aliphatic rings. The van der Waals surface area contributed by atoms with Crippen molar-refractivity contribution in [3.8, 4) is 0 Å². The van der Waals surface area contributed by atoms with Crippen LogP contribution in [0.2, 0.25) is 0 Å². The number of aromatic nitrogens is 1. The fraction of sp³-hybridized carbons (Fsp3) is 0.286. The maximum Gasteiger partial charge on any atom is 0.223 e. The second-order valence-electron chi connectivity index (χ2n) is 6.69. The summed E-state index contributed by atoms with van der Waals surface area (Å²) in [5.41, 5.74) is 3.12. The molecule has 0 spiro atoms. The predicted octanol–water partition coefficient (Wildman–Crippen LogP) is 4.45. The van der Waals surface area contributed by atoms with Gasteiger partial charge in [-0.1, -0.05) is 30.3 Å². The number of likely N-dealkylation sites (tertiary alicyclic amines) is 1. The molecule has 0 aliphatic carbocycles. The lowest BCUT2D eigenvalue weighted by molar-refractivity contribution is -0.130. The van der Waals surface area contributed by atoms with Gasteiger partial charge in [0.25, 0.3) is 0 Å². The van der Waals surface area contributed by atoms with Gasteiger partial charge in [-0.2, -0.15) is 0 Å². The number of fused-ring (bicyclic) bond motifs is 1. The number of carbonyl (C=O) groups excluding carboxylic acids is 1. The second-order valence-corrected chi connectivity index (χ2v) is 6.69. The number of rotatable bonds is 4. The Kier molecular flexibility index (Phi) is 4.26. The third-order valence-corrected chi connectivity index (χ3v) is 5.11. The Morgan fingerprint density at radius 3 is 2.56 bits per heavy atom. The highest BCUT2D eigenvalue weighted by atomic mass is 19.1. The first-order chi connectivity index (χ1) is 12.2. The Labute approximate surface area is 146 Å². The molecule has 4 rings (SSSR count). The van der Waals surface area contributed by atoms with Crippen molar-refractivity contribution in [1.82, 2.24) is 9.88 Å². The normalized spacial score (nSPS) is 15.6. The second kappa shape index (κ2) is 6.71. The highest BCUT2D eigenvalue weighted by Gasteiger charge is 2.25. The molecule has 1 fully saturated rings. The lowest BCUT2D eigenvalue weighted by atomic mass is 9.88. The number of hydrogen-bond donors (Lipinski definition) is 1. The van der Waals surface area contributed by atoms with Gasteiger partial charge in [0, 0.05) is 42.5 Å². The molecule has 128 valence electrons. The average molecular weight is 336 g/mol. The number of halogens is 1. The number of para-hydroxylation sites is 1. The van der Waals surface area contributed by atoms with Crippen LogP contribution in [0.4, 0.5) is 4.39 Å². The Balaban J connectivity index is 1.72. The van der Waals surface area contributed by atoms with E-state index in [1.165, 1.54) is 12.1 Å². The molecule has 1 aliphatic heterocycles. The molecule has 1 N–H and O–H groups in total.